The Labute approximate surface area is 132 Å². The minimum atomic E-state index is -0.431. The van der Waals surface area contributed by atoms with E-state index in [4.69, 9.17) is 4.74 Å². The first kappa shape index (κ1) is 15.3. The zero-order chi connectivity index (χ0) is 15.4. The number of ether oxygens (including phenoxy) is 1. The average molecular weight is 299 g/mol. The molecule has 0 aromatic heterocycles. The number of benzene rings is 2. The van der Waals surface area contributed by atoms with Gasteiger partial charge in [-0.25, -0.2) is 0 Å². The highest BCUT2D eigenvalue weighted by Crippen LogP contribution is 2.21. The normalized spacial score (nSPS) is 18.5. The molecule has 1 aliphatic heterocycles. The molecule has 1 saturated heterocycles. The predicted molar refractivity (Wildman–Crippen MR) is 90.3 cm³/mol. The molecule has 2 aromatic carbocycles. The smallest absolute Gasteiger partial charge is 0.120 e. The number of hydrogen-bond donors (Lipinski definition) is 1. The second kappa shape index (κ2) is 7.12. The monoisotopic (exact) mass is 299 g/mol. The fraction of sp³-hybridized carbons (Fsp3) is 0.474. The standard InChI is InChI=1S/C19H25NO2/c1-15-8-10-20(11-9-15)13-18(21)14-22-19-7-6-16-4-2-3-5-17(16)12-19/h2-7,12,15,18,21H,8-11,13-14H2,1H3/t18-/m0/s1. The van der Waals surface area contributed by atoms with Crippen LogP contribution in [0, 0.1) is 5.92 Å². The van der Waals surface area contributed by atoms with Crippen LogP contribution in [0.2, 0.25) is 0 Å². The number of likely N-dealkylation sites (tertiary alicyclic amines) is 1. The summed E-state index contributed by atoms with van der Waals surface area (Å²) in [6.45, 7) is 5.55. The quantitative estimate of drug-likeness (QED) is 0.919. The van der Waals surface area contributed by atoms with Crippen LogP contribution in [0.4, 0.5) is 0 Å². The Hall–Kier alpha value is -1.58. The van der Waals surface area contributed by atoms with Crippen LogP contribution in [0.25, 0.3) is 10.8 Å². The number of hydrogen-bond acceptors (Lipinski definition) is 3. The molecule has 0 aliphatic carbocycles. The van der Waals surface area contributed by atoms with Gasteiger partial charge in [-0.3, -0.25) is 0 Å². The summed E-state index contributed by atoms with van der Waals surface area (Å²) < 4.78 is 5.76. The Balaban J connectivity index is 1.50. The van der Waals surface area contributed by atoms with Gasteiger partial charge in [0, 0.05) is 6.54 Å². The van der Waals surface area contributed by atoms with Crippen LogP contribution in [-0.2, 0) is 0 Å². The molecule has 0 amide bonds. The molecule has 3 heteroatoms. The molecule has 3 nitrogen and oxygen atoms in total. The van der Waals surface area contributed by atoms with Crippen LogP contribution < -0.4 is 4.74 Å². The van der Waals surface area contributed by atoms with Crippen molar-refractivity contribution >= 4 is 10.8 Å². The Morgan fingerprint density at radius 3 is 2.64 bits per heavy atom. The molecule has 1 aliphatic rings. The number of aliphatic hydroxyl groups excluding tert-OH is 1. The van der Waals surface area contributed by atoms with Gasteiger partial charge in [0.2, 0.25) is 0 Å². The van der Waals surface area contributed by atoms with Crippen molar-refractivity contribution in [3.05, 3.63) is 42.5 Å². The zero-order valence-corrected chi connectivity index (χ0v) is 13.2. The van der Waals surface area contributed by atoms with Gasteiger partial charge >= 0.3 is 0 Å². The summed E-state index contributed by atoms with van der Waals surface area (Å²) >= 11 is 0. The average Bonchev–Trinajstić information content (AvgIpc) is 2.55. The number of piperidine rings is 1. The van der Waals surface area contributed by atoms with Crippen molar-refractivity contribution in [1.82, 2.24) is 4.90 Å². The van der Waals surface area contributed by atoms with Gasteiger partial charge in [0.15, 0.2) is 0 Å². The minimum Gasteiger partial charge on any atom is -0.491 e. The van der Waals surface area contributed by atoms with E-state index in [1.165, 1.54) is 23.6 Å². The van der Waals surface area contributed by atoms with Crippen LogP contribution >= 0.6 is 0 Å². The molecule has 3 rings (SSSR count). The number of fused-ring (bicyclic) bond motifs is 1. The summed E-state index contributed by atoms with van der Waals surface area (Å²) in [5, 5.41) is 12.5. The van der Waals surface area contributed by atoms with E-state index in [1.54, 1.807) is 0 Å². The number of β-amino-alcohol motifs (C(OH)–C–C–N with tert-alkyl or cyclic N) is 1. The van der Waals surface area contributed by atoms with Gasteiger partial charge < -0.3 is 14.7 Å². The Bertz CT molecular complexity index is 605. The van der Waals surface area contributed by atoms with Crippen molar-refractivity contribution in [1.29, 1.82) is 0 Å². The van der Waals surface area contributed by atoms with E-state index in [9.17, 15) is 5.11 Å². The van der Waals surface area contributed by atoms with E-state index < -0.39 is 6.10 Å². The van der Waals surface area contributed by atoms with E-state index in [0.717, 1.165) is 24.8 Å². The maximum atomic E-state index is 10.2. The second-order valence-corrected chi connectivity index (χ2v) is 6.46. The third-order valence-corrected chi connectivity index (χ3v) is 4.51. The van der Waals surface area contributed by atoms with Crippen LogP contribution in [-0.4, -0.2) is 42.4 Å². The third kappa shape index (κ3) is 3.99. The molecule has 0 unspecified atom stereocenters. The van der Waals surface area contributed by atoms with Crippen molar-refractivity contribution in [2.75, 3.05) is 26.2 Å². The van der Waals surface area contributed by atoms with Crippen molar-refractivity contribution in [3.63, 3.8) is 0 Å². The highest BCUT2D eigenvalue weighted by atomic mass is 16.5. The summed E-state index contributed by atoms with van der Waals surface area (Å²) in [4.78, 5) is 2.34. The zero-order valence-electron chi connectivity index (χ0n) is 13.2. The van der Waals surface area contributed by atoms with Crippen LogP contribution in [0.5, 0.6) is 5.75 Å². The van der Waals surface area contributed by atoms with Gasteiger partial charge in [0.25, 0.3) is 0 Å². The Kier molecular flexibility index (Phi) is 4.96. The molecular weight excluding hydrogens is 274 g/mol. The molecule has 0 bridgehead atoms. The molecule has 118 valence electrons. The van der Waals surface area contributed by atoms with E-state index in [2.05, 4.69) is 30.0 Å². The molecule has 1 heterocycles. The topological polar surface area (TPSA) is 32.7 Å². The highest BCUT2D eigenvalue weighted by Gasteiger charge is 2.18. The van der Waals surface area contributed by atoms with Crippen molar-refractivity contribution < 1.29 is 9.84 Å². The summed E-state index contributed by atoms with van der Waals surface area (Å²) in [6, 6.07) is 14.3. The van der Waals surface area contributed by atoms with Gasteiger partial charge in [0.1, 0.15) is 18.5 Å². The first-order valence-electron chi connectivity index (χ1n) is 8.23. The van der Waals surface area contributed by atoms with Gasteiger partial charge in [-0.05, 0) is 54.8 Å². The summed E-state index contributed by atoms with van der Waals surface area (Å²) in [5.41, 5.74) is 0. The molecular formula is C19H25NO2. The van der Waals surface area contributed by atoms with Gasteiger partial charge in [-0.2, -0.15) is 0 Å². The fourth-order valence-electron chi connectivity index (χ4n) is 3.04. The Morgan fingerprint density at radius 2 is 1.86 bits per heavy atom. The number of nitrogens with zero attached hydrogens (tertiary/aromatic N) is 1. The maximum absolute atomic E-state index is 10.2. The third-order valence-electron chi connectivity index (χ3n) is 4.51. The molecule has 1 N–H and O–H groups in total. The van der Waals surface area contributed by atoms with E-state index in [0.29, 0.717) is 13.2 Å². The Morgan fingerprint density at radius 1 is 1.14 bits per heavy atom. The molecule has 0 spiro atoms. The summed E-state index contributed by atoms with van der Waals surface area (Å²) in [5.74, 6) is 1.65. The fourth-order valence-corrected chi connectivity index (χ4v) is 3.04. The largest absolute Gasteiger partial charge is 0.491 e. The lowest BCUT2D eigenvalue weighted by atomic mass is 9.99. The van der Waals surface area contributed by atoms with E-state index in [-0.39, 0.29) is 0 Å². The molecule has 2 aromatic rings. The van der Waals surface area contributed by atoms with Crippen LogP contribution in [0.3, 0.4) is 0 Å². The van der Waals surface area contributed by atoms with Crippen molar-refractivity contribution in [2.45, 2.75) is 25.9 Å². The van der Waals surface area contributed by atoms with Gasteiger partial charge in [0.05, 0.1) is 0 Å². The van der Waals surface area contributed by atoms with Crippen molar-refractivity contribution in [2.24, 2.45) is 5.92 Å². The molecule has 0 radical (unpaired) electrons. The van der Waals surface area contributed by atoms with Crippen LogP contribution in [0.1, 0.15) is 19.8 Å². The molecule has 22 heavy (non-hydrogen) atoms. The summed E-state index contributed by atoms with van der Waals surface area (Å²) in [6.07, 6.45) is 2.04. The van der Waals surface area contributed by atoms with Crippen LogP contribution in [0.15, 0.2) is 42.5 Å². The lowest BCUT2D eigenvalue weighted by Gasteiger charge is -2.31. The van der Waals surface area contributed by atoms with Gasteiger partial charge in [-0.15, -0.1) is 0 Å². The molecule has 0 saturated carbocycles. The maximum Gasteiger partial charge on any atom is 0.120 e. The van der Waals surface area contributed by atoms with E-state index >= 15 is 0 Å². The number of rotatable bonds is 5. The highest BCUT2D eigenvalue weighted by molar-refractivity contribution is 5.83. The lowest BCUT2D eigenvalue weighted by Crippen LogP contribution is -2.40. The first-order valence-corrected chi connectivity index (χ1v) is 8.23. The number of aliphatic hydroxyl groups is 1. The summed E-state index contributed by atoms with van der Waals surface area (Å²) in [7, 11) is 0. The SMILES string of the molecule is CC1CCN(C[C@H](O)COc2ccc3ccccc3c2)CC1. The van der Waals surface area contributed by atoms with E-state index in [1.807, 2.05) is 24.3 Å². The lowest BCUT2D eigenvalue weighted by molar-refractivity contribution is 0.0563. The molecule has 1 atom stereocenters. The molecule has 1 fully saturated rings. The van der Waals surface area contributed by atoms with Gasteiger partial charge in [-0.1, -0.05) is 37.3 Å². The second-order valence-electron chi connectivity index (χ2n) is 6.46. The predicted octanol–water partition coefficient (Wildman–Crippen LogP) is 3.31. The minimum absolute atomic E-state index is 0.352. The van der Waals surface area contributed by atoms with Crippen molar-refractivity contribution in [3.8, 4) is 5.75 Å². The first-order chi connectivity index (χ1) is 10.7.